The van der Waals surface area contributed by atoms with Gasteiger partial charge in [0.2, 0.25) is 0 Å². The quantitative estimate of drug-likeness (QED) is 0.595. The fraction of sp³-hybridized carbons (Fsp3) is 1.00. The van der Waals surface area contributed by atoms with Crippen molar-refractivity contribution in [2.45, 2.75) is 6.17 Å². The summed E-state index contributed by atoms with van der Waals surface area (Å²) in [6.07, 6.45) is -0.568. The maximum Gasteiger partial charge on any atom is 0.283 e. The largest absolute Gasteiger partial charge is 0.377 e. The van der Waals surface area contributed by atoms with Gasteiger partial charge in [0.1, 0.15) is 0 Å². The van der Waals surface area contributed by atoms with Gasteiger partial charge in [-0.3, -0.25) is 0 Å². The van der Waals surface area contributed by atoms with Gasteiger partial charge in [-0.05, 0) is 0 Å². The van der Waals surface area contributed by atoms with Crippen LogP contribution in [0.3, 0.4) is 0 Å². The number of nitrogens with zero attached hydrogens (tertiary/aromatic N) is 2. The van der Waals surface area contributed by atoms with E-state index in [0.29, 0.717) is 13.2 Å². The van der Waals surface area contributed by atoms with Crippen LogP contribution in [0, 0.1) is 0 Å². The normalized spacial score (nSPS) is 26.6. The van der Waals surface area contributed by atoms with Crippen molar-refractivity contribution in [1.29, 1.82) is 0 Å². The summed E-state index contributed by atoms with van der Waals surface area (Å²) >= 11 is 0. The van der Waals surface area contributed by atoms with Crippen LogP contribution in [0.2, 0.25) is 0 Å². The van der Waals surface area contributed by atoms with Gasteiger partial charge in [-0.1, -0.05) is 0 Å². The lowest BCUT2D eigenvalue weighted by Gasteiger charge is -2.33. The lowest BCUT2D eigenvalue weighted by molar-refractivity contribution is 0.0329. The molecule has 13 heavy (non-hydrogen) atoms. The van der Waals surface area contributed by atoms with E-state index in [1.807, 2.05) is 0 Å². The summed E-state index contributed by atoms with van der Waals surface area (Å²) in [7, 11) is -0.420. The monoisotopic (exact) mass is 209 g/mol. The molecule has 0 aromatic carbocycles. The van der Waals surface area contributed by atoms with Crippen LogP contribution in [0.25, 0.3) is 0 Å². The van der Waals surface area contributed by atoms with Crippen LogP contribution in [-0.4, -0.2) is 57.0 Å². The molecule has 2 N–H and O–H groups in total. The molecule has 1 unspecified atom stereocenters. The van der Waals surface area contributed by atoms with Gasteiger partial charge in [-0.2, -0.15) is 17.0 Å². The summed E-state index contributed by atoms with van der Waals surface area (Å²) in [5, 5.41) is 0. The van der Waals surface area contributed by atoms with Crippen LogP contribution in [0.4, 0.5) is 0 Å². The van der Waals surface area contributed by atoms with E-state index in [0.717, 1.165) is 4.31 Å². The van der Waals surface area contributed by atoms with E-state index >= 15 is 0 Å². The van der Waals surface area contributed by atoms with Crippen LogP contribution in [-0.2, 0) is 14.9 Å². The first-order valence-electron chi connectivity index (χ1n) is 3.99. The van der Waals surface area contributed by atoms with E-state index in [1.165, 1.54) is 18.4 Å². The van der Waals surface area contributed by atoms with E-state index in [9.17, 15) is 8.42 Å². The minimum atomic E-state index is -3.39. The van der Waals surface area contributed by atoms with Crippen LogP contribution >= 0.6 is 0 Å². The predicted octanol–water partition coefficient (Wildman–Crippen LogP) is -1.59. The first-order valence-corrected chi connectivity index (χ1v) is 5.38. The van der Waals surface area contributed by atoms with Gasteiger partial charge < -0.3 is 10.5 Å². The zero-order valence-electron chi connectivity index (χ0n) is 7.80. The van der Waals surface area contributed by atoms with Gasteiger partial charge in [-0.25, -0.2) is 0 Å². The Morgan fingerprint density at radius 3 is 2.62 bits per heavy atom. The number of rotatable bonds is 2. The van der Waals surface area contributed by atoms with Crippen molar-refractivity contribution in [3.05, 3.63) is 0 Å². The molecule has 1 fully saturated rings. The van der Waals surface area contributed by atoms with Crippen LogP contribution < -0.4 is 5.73 Å². The topological polar surface area (TPSA) is 75.9 Å². The fourth-order valence-electron chi connectivity index (χ4n) is 1.10. The van der Waals surface area contributed by atoms with E-state index in [2.05, 4.69) is 0 Å². The van der Waals surface area contributed by atoms with Crippen LogP contribution in [0.15, 0.2) is 0 Å². The van der Waals surface area contributed by atoms with Gasteiger partial charge >= 0.3 is 0 Å². The molecule has 0 bridgehead atoms. The highest BCUT2D eigenvalue weighted by Crippen LogP contribution is 2.10. The second kappa shape index (κ2) is 3.89. The van der Waals surface area contributed by atoms with Gasteiger partial charge in [0.15, 0.2) is 0 Å². The molecule has 0 aromatic rings. The SMILES string of the molecule is CN(C)S(=O)(=O)N1CCOCC1N. The summed E-state index contributed by atoms with van der Waals surface area (Å²) in [5.41, 5.74) is 5.60. The zero-order valence-corrected chi connectivity index (χ0v) is 8.62. The summed E-state index contributed by atoms with van der Waals surface area (Å²) < 4.78 is 30.7. The third kappa shape index (κ3) is 2.18. The zero-order chi connectivity index (χ0) is 10.1. The van der Waals surface area contributed by atoms with Crippen molar-refractivity contribution in [2.24, 2.45) is 5.73 Å². The maximum absolute atomic E-state index is 11.6. The fourth-order valence-corrected chi connectivity index (χ4v) is 2.23. The molecule has 1 aliphatic heterocycles. The third-order valence-electron chi connectivity index (χ3n) is 1.87. The Bertz CT molecular complexity index is 264. The second-order valence-corrected chi connectivity index (χ2v) is 5.14. The van der Waals surface area contributed by atoms with Crippen molar-refractivity contribution >= 4 is 10.2 Å². The molecule has 6 nitrogen and oxygen atoms in total. The molecule has 0 amide bonds. The Morgan fingerprint density at radius 2 is 2.15 bits per heavy atom. The second-order valence-electron chi connectivity index (χ2n) is 3.04. The molecule has 1 atom stereocenters. The minimum Gasteiger partial charge on any atom is -0.377 e. The Kier molecular flexibility index (Phi) is 3.25. The van der Waals surface area contributed by atoms with E-state index < -0.39 is 16.4 Å². The van der Waals surface area contributed by atoms with E-state index in [4.69, 9.17) is 10.5 Å². The molecular formula is C6H15N3O3S. The minimum absolute atomic E-state index is 0.257. The Hall–Kier alpha value is -0.210. The number of ether oxygens (including phenoxy) is 1. The molecule has 0 aromatic heterocycles. The molecule has 1 aliphatic rings. The maximum atomic E-state index is 11.6. The van der Waals surface area contributed by atoms with Crippen molar-refractivity contribution in [3.8, 4) is 0 Å². The van der Waals surface area contributed by atoms with Crippen molar-refractivity contribution in [1.82, 2.24) is 8.61 Å². The molecule has 0 saturated carbocycles. The highest BCUT2D eigenvalue weighted by atomic mass is 32.2. The third-order valence-corrected chi connectivity index (χ3v) is 3.84. The average Bonchev–Trinajstić information content (AvgIpc) is 2.04. The Balaban J connectivity index is 2.80. The van der Waals surface area contributed by atoms with Crippen molar-refractivity contribution in [3.63, 3.8) is 0 Å². The molecule has 0 aliphatic carbocycles. The lowest BCUT2D eigenvalue weighted by Crippen LogP contribution is -2.56. The molecule has 0 radical (unpaired) electrons. The highest BCUT2D eigenvalue weighted by molar-refractivity contribution is 7.86. The first kappa shape index (κ1) is 10.9. The van der Waals surface area contributed by atoms with Crippen molar-refractivity contribution in [2.75, 3.05) is 33.9 Å². The van der Waals surface area contributed by atoms with Crippen molar-refractivity contribution < 1.29 is 13.2 Å². The standard InChI is InChI=1S/C6H15N3O3S/c1-8(2)13(10,11)9-3-4-12-5-6(9)7/h6H,3-5,7H2,1-2H3. The molecular weight excluding hydrogens is 194 g/mol. The summed E-state index contributed by atoms with van der Waals surface area (Å²) in [5.74, 6) is 0. The first-order chi connectivity index (χ1) is 5.96. The van der Waals surface area contributed by atoms with Crippen LogP contribution in [0.5, 0.6) is 0 Å². The number of hydrogen-bond acceptors (Lipinski definition) is 4. The van der Waals surface area contributed by atoms with E-state index in [-0.39, 0.29) is 6.61 Å². The summed E-state index contributed by atoms with van der Waals surface area (Å²) in [4.78, 5) is 0. The number of hydrogen-bond donors (Lipinski definition) is 1. The number of morpholine rings is 1. The molecule has 0 spiro atoms. The molecule has 1 saturated heterocycles. The molecule has 1 heterocycles. The predicted molar refractivity (Wildman–Crippen MR) is 48.1 cm³/mol. The van der Waals surface area contributed by atoms with Gasteiger partial charge in [0.25, 0.3) is 10.2 Å². The van der Waals surface area contributed by atoms with Gasteiger partial charge in [-0.15, -0.1) is 0 Å². The average molecular weight is 209 g/mol. The lowest BCUT2D eigenvalue weighted by atomic mass is 10.4. The Labute approximate surface area is 78.4 Å². The summed E-state index contributed by atoms with van der Waals surface area (Å²) in [6.45, 7) is 0.982. The Morgan fingerprint density at radius 1 is 1.54 bits per heavy atom. The van der Waals surface area contributed by atoms with Crippen LogP contribution in [0.1, 0.15) is 0 Å². The van der Waals surface area contributed by atoms with Gasteiger partial charge in [0.05, 0.1) is 19.4 Å². The van der Waals surface area contributed by atoms with E-state index in [1.54, 1.807) is 0 Å². The molecule has 1 rings (SSSR count). The molecule has 7 heteroatoms. The van der Waals surface area contributed by atoms with Gasteiger partial charge in [0, 0.05) is 20.6 Å². The molecule has 78 valence electrons. The summed E-state index contributed by atoms with van der Waals surface area (Å²) in [6, 6.07) is 0. The smallest absolute Gasteiger partial charge is 0.283 e. The highest BCUT2D eigenvalue weighted by Gasteiger charge is 2.31. The number of nitrogens with two attached hydrogens (primary N) is 1.